The van der Waals surface area contributed by atoms with Crippen molar-refractivity contribution in [2.75, 3.05) is 7.11 Å². The first-order chi connectivity index (χ1) is 11.7. The predicted molar refractivity (Wildman–Crippen MR) is 93.5 cm³/mol. The molecular formula is C20H16FNO2. The average Bonchev–Trinajstić information content (AvgIpc) is 2.64. The molecule has 3 rings (SSSR count). The molecule has 3 aromatic rings. The number of rotatable bonds is 4. The lowest BCUT2D eigenvalue weighted by molar-refractivity contribution is 0.415. The highest BCUT2D eigenvalue weighted by molar-refractivity contribution is 5.90. The highest BCUT2D eigenvalue weighted by Crippen LogP contribution is 2.30. The van der Waals surface area contributed by atoms with Crippen molar-refractivity contribution in [2.24, 2.45) is 0 Å². The lowest BCUT2D eigenvalue weighted by Gasteiger charge is -2.12. The van der Waals surface area contributed by atoms with Gasteiger partial charge in [0.05, 0.1) is 7.11 Å². The van der Waals surface area contributed by atoms with Crippen LogP contribution in [0.5, 0.6) is 5.75 Å². The maximum atomic E-state index is 15.2. The van der Waals surface area contributed by atoms with Crippen LogP contribution in [0.25, 0.3) is 11.5 Å². The van der Waals surface area contributed by atoms with Crippen LogP contribution in [0.1, 0.15) is 11.1 Å². The molecule has 0 aliphatic rings. The summed E-state index contributed by atoms with van der Waals surface area (Å²) in [6, 6.07) is 20.8. The van der Waals surface area contributed by atoms with Crippen molar-refractivity contribution in [3.8, 4) is 5.75 Å². The molecule has 0 saturated carbocycles. The summed E-state index contributed by atoms with van der Waals surface area (Å²) in [5.41, 5.74) is 1.29. The lowest BCUT2D eigenvalue weighted by atomic mass is 9.98. The number of pyridine rings is 1. The minimum absolute atomic E-state index is 0.353. The van der Waals surface area contributed by atoms with Crippen molar-refractivity contribution in [1.82, 2.24) is 4.57 Å². The summed E-state index contributed by atoms with van der Waals surface area (Å²) < 4.78 is 21.4. The zero-order valence-corrected chi connectivity index (χ0v) is 13.1. The van der Waals surface area contributed by atoms with Gasteiger partial charge in [0, 0.05) is 17.8 Å². The zero-order valence-electron chi connectivity index (χ0n) is 13.1. The second-order valence-corrected chi connectivity index (χ2v) is 5.17. The fourth-order valence-electron chi connectivity index (χ4n) is 2.48. The topological polar surface area (TPSA) is 31.2 Å². The van der Waals surface area contributed by atoms with Crippen molar-refractivity contribution in [3.63, 3.8) is 0 Å². The SMILES string of the molecule is COc1ccc(/C(=C(\F)n2ccccc2=O)c2ccccc2)cc1. The normalized spacial score (nSPS) is 11.8. The number of nitrogens with zero attached hydrogens (tertiary/aromatic N) is 1. The smallest absolute Gasteiger partial charge is 0.256 e. The third kappa shape index (κ3) is 3.13. The van der Waals surface area contributed by atoms with Crippen LogP contribution in [-0.2, 0) is 0 Å². The number of halogens is 1. The van der Waals surface area contributed by atoms with Gasteiger partial charge in [-0.15, -0.1) is 0 Å². The van der Waals surface area contributed by atoms with Crippen molar-refractivity contribution in [1.29, 1.82) is 0 Å². The third-order valence-electron chi connectivity index (χ3n) is 3.68. The highest BCUT2D eigenvalue weighted by atomic mass is 19.1. The molecule has 120 valence electrons. The van der Waals surface area contributed by atoms with Gasteiger partial charge >= 0.3 is 0 Å². The number of benzene rings is 2. The van der Waals surface area contributed by atoms with Crippen LogP contribution >= 0.6 is 0 Å². The molecule has 0 atom stereocenters. The molecule has 4 heteroatoms. The summed E-state index contributed by atoms with van der Waals surface area (Å²) in [4.78, 5) is 12.0. The van der Waals surface area contributed by atoms with Gasteiger partial charge < -0.3 is 4.74 Å². The van der Waals surface area contributed by atoms with Crippen LogP contribution in [-0.4, -0.2) is 11.7 Å². The molecule has 0 amide bonds. The van der Waals surface area contributed by atoms with Gasteiger partial charge in [0.1, 0.15) is 5.75 Å². The van der Waals surface area contributed by atoms with E-state index in [4.69, 9.17) is 4.74 Å². The van der Waals surface area contributed by atoms with Crippen molar-refractivity contribution < 1.29 is 9.13 Å². The number of ether oxygens (including phenoxy) is 1. The number of hydrogen-bond donors (Lipinski definition) is 0. The van der Waals surface area contributed by atoms with E-state index < -0.39 is 11.5 Å². The van der Waals surface area contributed by atoms with Crippen LogP contribution in [0.3, 0.4) is 0 Å². The second kappa shape index (κ2) is 6.96. The van der Waals surface area contributed by atoms with Gasteiger partial charge in [-0.3, -0.25) is 9.36 Å². The Morgan fingerprint density at radius 2 is 1.50 bits per heavy atom. The molecule has 1 heterocycles. The van der Waals surface area contributed by atoms with E-state index in [-0.39, 0.29) is 0 Å². The van der Waals surface area contributed by atoms with Gasteiger partial charge in [0.25, 0.3) is 5.56 Å². The summed E-state index contributed by atoms with van der Waals surface area (Å²) in [6.45, 7) is 0. The third-order valence-corrected chi connectivity index (χ3v) is 3.68. The van der Waals surface area contributed by atoms with Gasteiger partial charge in [0.15, 0.2) is 0 Å². The summed E-state index contributed by atoms with van der Waals surface area (Å²) >= 11 is 0. The molecule has 0 radical (unpaired) electrons. The Kier molecular flexibility index (Phi) is 4.57. The van der Waals surface area contributed by atoms with E-state index in [1.165, 1.54) is 12.3 Å². The van der Waals surface area contributed by atoms with E-state index in [0.717, 1.165) is 4.57 Å². The first kappa shape index (κ1) is 15.7. The van der Waals surface area contributed by atoms with E-state index in [1.54, 1.807) is 43.5 Å². The summed E-state index contributed by atoms with van der Waals surface area (Å²) in [5, 5.41) is 0. The average molecular weight is 321 g/mol. The molecule has 0 spiro atoms. The van der Waals surface area contributed by atoms with Crippen LogP contribution in [0.2, 0.25) is 0 Å². The number of hydrogen-bond acceptors (Lipinski definition) is 2. The summed E-state index contributed by atoms with van der Waals surface area (Å²) in [5.74, 6) is 0.0698. The summed E-state index contributed by atoms with van der Waals surface area (Å²) in [7, 11) is 1.58. The highest BCUT2D eigenvalue weighted by Gasteiger charge is 2.14. The van der Waals surface area contributed by atoms with E-state index in [2.05, 4.69) is 0 Å². The Labute approximate surface area is 139 Å². The minimum Gasteiger partial charge on any atom is -0.497 e. The Morgan fingerprint density at radius 3 is 2.12 bits per heavy atom. The van der Waals surface area contributed by atoms with Crippen LogP contribution in [0.4, 0.5) is 4.39 Å². The molecule has 1 aromatic heterocycles. The van der Waals surface area contributed by atoms with Gasteiger partial charge in [-0.2, -0.15) is 4.39 Å². The summed E-state index contributed by atoms with van der Waals surface area (Å²) in [6.07, 6.45) is 1.42. The molecule has 0 saturated heterocycles. The quantitative estimate of drug-likeness (QED) is 0.721. The number of aromatic nitrogens is 1. The van der Waals surface area contributed by atoms with Crippen LogP contribution in [0, 0.1) is 0 Å². The molecule has 0 fully saturated rings. The Balaban J connectivity index is 2.24. The minimum atomic E-state index is -0.614. The van der Waals surface area contributed by atoms with Crippen molar-refractivity contribution in [2.45, 2.75) is 0 Å². The molecule has 0 N–H and O–H groups in total. The van der Waals surface area contributed by atoms with E-state index in [9.17, 15) is 4.79 Å². The molecular weight excluding hydrogens is 305 g/mol. The Bertz CT molecular complexity index is 912. The first-order valence-corrected chi connectivity index (χ1v) is 7.48. The Morgan fingerprint density at radius 1 is 0.875 bits per heavy atom. The molecule has 0 bridgehead atoms. The van der Waals surface area contributed by atoms with E-state index in [1.807, 2.05) is 30.3 Å². The maximum absolute atomic E-state index is 15.2. The van der Waals surface area contributed by atoms with Crippen molar-refractivity contribution in [3.05, 3.63) is 100 Å². The number of methoxy groups -OCH3 is 1. The molecule has 2 aromatic carbocycles. The molecule has 0 aliphatic carbocycles. The molecule has 3 nitrogen and oxygen atoms in total. The largest absolute Gasteiger partial charge is 0.497 e. The second-order valence-electron chi connectivity index (χ2n) is 5.17. The maximum Gasteiger partial charge on any atom is 0.256 e. The van der Waals surface area contributed by atoms with Gasteiger partial charge in [0.2, 0.25) is 5.95 Å². The van der Waals surface area contributed by atoms with E-state index in [0.29, 0.717) is 22.4 Å². The molecule has 0 aliphatic heterocycles. The van der Waals surface area contributed by atoms with Crippen LogP contribution < -0.4 is 10.3 Å². The lowest BCUT2D eigenvalue weighted by Crippen LogP contribution is -2.16. The fourth-order valence-corrected chi connectivity index (χ4v) is 2.48. The van der Waals surface area contributed by atoms with Gasteiger partial charge in [-0.05, 0) is 29.3 Å². The molecule has 24 heavy (non-hydrogen) atoms. The fraction of sp³-hybridized carbons (Fsp3) is 0.0500. The van der Waals surface area contributed by atoms with Crippen LogP contribution in [0.15, 0.2) is 83.8 Å². The first-order valence-electron chi connectivity index (χ1n) is 7.48. The molecule has 0 unspecified atom stereocenters. The predicted octanol–water partition coefficient (Wildman–Crippen LogP) is 4.20. The van der Waals surface area contributed by atoms with Gasteiger partial charge in [-0.1, -0.05) is 48.5 Å². The van der Waals surface area contributed by atoms with Gasteiger partial charge in [-0.25, -0.2) is 0 Å². The monoisotopic (exact) mass is 321 g/mol. The van der Waals surface area contributed by atoms with Crippen molar-refractivity contribution >= 4 is 11.5 Å². The Hall–Kier alpha value is -3.14. The zero-order chi connectivity index (χ0) is 16.9. The standard InChI is InChI=1S/C20H16FNO2/c1-24-17-12-10-16(11-13-17)19(15-7-3-2-4-8-15)20(21)22-14-6-5-9-18(22)23/h2-14H,1H3/b20-19+. The van der Waals surface area contributed by atoms with E-state index >= 15 is 4.39 Å².